The van der Waals surface area contributed by atoms with E-state index in [4.69, 9.17) is 14.2 Å². The Morgan fingerprint density at radius 2 is 0.688 bits per heavy atom. The van der Waals surface area contributed by atoms with Gasteiger partial charge in [0, 0.05) is 46.9 Å². The first-order valence-electron chi connectivity index (χ1n) is 28.8. The van der Waals surface area contributed by atoms with Gasteiger partial charge in [-0.3, -0.25) is 28.8 Å². The average Bonchev–Trinajstić information content (AvgIpc) is 1.63. The molecular formula is C75H54O18S3. The largest absolute Gasteiger partial charge is 0.508 e. The van der Waals surface area contributed by atoms with Gasteiger partial charge in [0.05, 0.1) is 31.3 Å². The lowest BCUT2D eigenvalue weighted by molar-refractivity contribution is -0.124. The van der Waals surface area contributed by atoms with E-state index in [-0.39, 0.29) is 88.0 Å². The molecule has 6 N–H and O–H groups in total. The summed E-state index contributed by atoms with van der Waals surface area (Å²) in [5.41, 5.74) is 7.52. The van der Waals surface area contributed by atoms with Crippen LogP contribution in [0.3, 0.4) is 0 Å². The number of benzene rings is 9. The van der Waals surface area contributed by atoms with Crippen LogP contribution in [0.15, 0.2) is 220 Å². The number of rotatable bonds is 21. The second-order valence-electron chi connectivity index (χ2n) is 20.9. The van der Waals surface area contributed by atoms with Crippen LogP contribution in [-0.2, 0) is 28.6 Å². The average molecular weight is 1340 g/mol. The normalized spacial score (nSPS) is 11.0. The molecule has 0 unspecified atom stereocenters. The highest BCUT2D eigenvalue weighted by Gasteiger charge is 2.27. The van der Waals surface area contributed by atoms with Gasteiger partial charge in [-0.15, -0.1) is 34.0 Å². The monoisotopic (exact) mass is 1340 g/mol. The summed E-state index contributed by atoms with van der Waals surface area (Å²) in [6.45, 7) is 6.31. The molecular weight excluding hydrogens is 1290 g/mol. The number of carbonyl (C=O) groups is 6. The van der Waals surface area contributed by atoms with Gasteiger partial charge in [0.2, 0.25) is 17.3 Å². The summed E-state index contributed by atoms with van der Waals surface area (Å²) in [7, 11) is 0. The molecule has 3 heterocycles. The number of phenolic OH excluding ortho intramolecular Hbond substituents is 6. The van der Waals surface area contributed by atoms with Crippen molar-refractivity contribution in [1.29, 1.82) is 0 Å². The molecule has 0 saturated carbocycles. The highest BCUT2D eigenvalue weighted by molar-refractivity contribution is 7.22. The van der Waals surface area contributed by atoms with E-state index >= 15 is 0 Å². The Morgan fingerprint density at radius 1 is 0.354 bits per heavy atom. The van der Waals surface area contributed by atoms with Gasteiger partial charge in [0.15, 0.2) is 0 Å². The summed E-state index contributed by atoms with van der Waals surface area (Å²) >= 11 is 3.78. The quantitative estimate of drug-likeness (QED) is 0.0169. The summed E-state index contributed by atoms with van der Waals surface area (Å²) in [6.07, 6.45) is 7.06. The molecule has 0 aliphatic rings. The Balaban J connectivity index is 0.000000157. The van der Waals surface area contributed by atoms with E-state index in [0.717, 1.165) is 76.9 Å². The maximum atomic E-state index is 13.5. The van der Waals surface area contributed by atoms with Gasteiger partial charge in [0.1, 0.15) is 89.3 Å². The second-order valence-corrected chi connectivity index (χ2v) is 24.1. The van der Waals surface area contributed by atoms with Gasteiger partial charge in [-0.2, -0.15) is 0 Å². The molecule has 0 aliphatic carbocycles. The van der Waals surface area contributed by atoms with Crippen molar-refractivity contribution >= 4 is 101 Å². The molecule has 3 aromatic heterocycles. The van der Waals surface area contributed by atoms with Crippen LogP contribution in [0.25, 0.3) is 63.6 Å². The van der Waals surface area contributed by atoms with Crippen molar-refractivity contribution in [1.82, 2.24) is 0 Å². The number of fused-ring (bicyclic) bond motifs is 3. The number of ketones is 3. The van der Waals surface area contributed by atoms with Crippen LogP contribution in [0.2, 0.25) is 0 Å². The molecule has 21 heteroatoms. The molecule has 0 radical (unpaired) electrons. The smallest absolute Gasteiger partial charge is 0.298 e. The molecule has 12 rings (SSSR count). The number of aryl methyl sites for hydroxylation is 3. The van der Waals surface area contributed by atoms with E-state index < -0.39 is 0 Å². The molecule has 480 valence electrons. The van der Waals surface area contributed by atoms with Crippen LogP contribution >= 0.6 is 34.0 Å². The number of ether oxygens (including phenoxy) is 6. The first-order chi connectivity index (χ1) is 46.4. The predicted octanol–water partition coefficient (Wildman–Crippen LogP) is 16.6. The number of thiophene rings is 3. The van der Waals surface area contributed by atoms with Crippen molar-refractivity contribution in [2.45, 2.75) is 20.8 Å². The van der Waals surface area contributed by atoms with Crippen molar-refractivity contribution in [2.24, 2.45) is 0 Å². The van der Waals surface area contributed by atoms with Crippen molar-refractivity contribution in [3.63, 3.8) is 0 Å². The van der Waals surface area contributed by atoms with Crippen LogP contribution in [0.4, 0.5) is 0 Å². The van der Waals surface area contributed by atoms with Crippen LogP contribution in [0.1, 0.15) is 62.4 Å². The molecule has 18 nitrogen and oxygen atoms in total. The SMILES string of the molecule is Cc1ccc(C(=O)c2sc3cc(O)ccc3c2-c2ccc(O/C=C/OC=O)cc2)c(O)c1.Cc1ccc(C(=O)c2sc3cc(O)ccc3c2-c2ccc(O/C=C/OC=O)cc2)c(O)c1.Cc1cccc(O)c1C(=O)c1sc2cc(O)ccc2c1-c1ccc(O/C=C/OC=O)cc1. The Bertz CT molecular complexity index is 4770. The fourth-order valence-corrected chi connectivity index (χ4v) is 13.8. The second kappa shape index (κ2) is 30.4. The summed E-state index contributed by atoms with van der Waals surface area (Å²) < 4.78 is 31.7. The molecule has 96 heavy (non-hydrogen) atoms. The first kappa shape index (κ1) is 66.6. The zero-order valence-corrected chi connectivity index (χ0v) is 53.3. The van der Waals surface area contributed by atoms with Gasteiger partial charge in [-0.1, -0.05) is 60.7 Å². The minimum absolute atomic E-state index is 0.0747. The Kier molecular flexibility index (Phi) is 21.1. The van der Waals surface area contributed by atoms with E-state index in [9.17, 15) is 59.4 Å². The number of phenols is 6. The van der Waals surface area contributed by atoms with Gasteiger partial charge in [-0.25, -0.2) is 0 Å². The fraction of sp³-hybridized carbons (Fsp3) is 0.0400. The zero-order valence-electron chi connectivity index (χ0n) is 50.8. The third-order valence-corrected chi connectivity index (χ3v) is 18.0. The van der Waals surface area contributed by atoms with Crippen molar-refractivity contribution in [3.8, 4) is 85.1 Å². The van der Waals surface area contributed by atoms with Gasteiger partial charge >= 0.3 is 0 Å². The van der Waals surface area contributed by atoms with Crippen LogP contribution in [-0.4, -0.2) is 67.4 Å². The molecule has 0 amide bonds. The van der Waals surface area contributed by atoms with Crippen LogP contribution in [0, 0.1) is 20.8 Å². The van der Waals surface area contributed by atoms with E-state index in [0.29, 0.717) is 54.1 Å². The summed E-state index contributed by atoms with van der Waals surface area (Å²) in [5, 5.41) is 63.3. The Morgan fingerprint density at radius 3 is 1.00 bits per heavy atom. The number of carbonyl (C=O) groups excluding carboxylic acids is 6. The molecule has 0 bridgehead atoms. The molecule has 0 aliphatic heterocycles. The molecule has 12 aromatic rings. The van der Waals surface area contributed by atoms with E-state index in [1.54, 1.807) is 146 Å². The highest BCUT2D eigenvalue weighted by Crippen LogP contribution is 2.46. The number of aromatic hydroxyl groups is 6. The number of hydrogen-bond acceptors (Lipinski definition) is 21. The van der Waals surface area contributed by atoms with E-state index in [2.05, 4.69) is 14.2 Å². The molecule has 0 spiro atoms. The molecule has 0 atom stereocenters. The predicted molar refractivity (Wildman–Crippen MR) is 366 cm³/mol. The van der Waals surface area contributed by atoms with Crippen molar-refractivity contribution in [3.05, 3.63) is 268 Å². The zero-order chi connectivity index (χ0) is 68.0. The molecule has 0 saturated heterocycles. The minimum atomic E-state index is -0.299. The van der Waals surface area contributed by atoms with Crippen molar-refractivity contribution in [2.75, 3.05) is 0 Å². The fourth-order valence-electron chi connectivity index (χ4n) is 10.2. The van der Waals surface area contributed by atoms with Crippen LogP contribution in [0.5, 0.6) is 51.7 Å². The Hall–Kier alpha value is -12.3. The maximum absolute atomic E-state index is 13.5. The maximum Gasteiger partial charge on any atom is 0.298 e. The van der Waals surface area contributed by atoms with Gasteiger partial charge < -0.3 is 59.1 Å². The summed E-state index contributed by atoms with van der Waals surface area (Å²) in [4.78, 5) is 72.2. The van der Waals surface area contributed by atoms with Gasteiger partial charge in [-0.05, 0) is 175 Å². The van der Waals surface area contributed by atoms with Crippen molar-refractivity contribution < 1.29 is 87.8 Å². The number of hydrogen-bond donors (Lipinski definition) is 6. The third kappa shape index (κ3) is 15.3. The van der Waals surface area contributed by atoms with E-state index in [1.165, 1.54) is 58.9 Å². The summed E-state index contributed by atoms with van der Waals surface area (Å²) in [5.74, 6) is 0.758. The molecule has 9 aromatic carbocycles. The van der Waals surface area contributed by atoms with Crippen LogP contribution < -0.4 is 14.2 Å². The highest BCUT2D eigenvalue weighted by atomic mass is 32.1. The lowest BCUT2D eigenvalue weighted by atomic mass is 9.96. The standard InChI is InChI=1S/3C25H18O6S/c2*1-15-2-8-19(21(28)12-15)24(29)25-23(20-9-5-17(27)13-22(20)32-25)16-3-6-18(7-4-16)31-11-10-30-14-26;1-15-3-2-4-20(28)22(15)24(29)25-23(19-10-7-17(27)13-21(19)32-25)16-5-8-18(9-6-16)31-12-11-30-14-26/h3*2-14,27-28H,1H3/b2*11-10+;12-11+. The lowest BCUT2D eigenvalue weighted by Crippen LogP contribution is -2.03. The topological polar surface area (TPSA) is 279 Å². The third-order valence-electron chi connectivity index (χ3n) is 14.5. The van der Waals surface area contributed by atoms with E-state index in [1.807, 2.05) is 50.2 Å². The summed E-state index contributed by atoms with van der Waals surface area (Å²) in [6, 6.07) is 51.0. The lowest BCUT2D eigenvalue weighted by Gasteiger charge is -2.09. The Labute approximate surface area is 559 Å². The van der Waals surface area contributed by atoms with Gasteiger partial charge in [0.25, 0.3) is 19.4 Å². The molecule has 0 fully saturated rings. The first-order valence-corrected chi connectivity index (χ1v) is 31.2. The minimum Gasteiger partial charge on any atom is -0.508 e.